The number of methoxy groups -OCH3 is 2. The third-order valence-corrected chi connectivity index (χ3v) is 7.88. The number of amides is 2. The third kappa shape index (κ3) is 9.24. The minimum Gasteiger partial charge on any atom is -0.497 e. The molecule has 0 unspecified atom stereocenters. The van der Waals surface area contributed by atoms with Crippen molar-refractivity contribution in [2.75, 3.05) is 31.3 Å². The molecule has 0 saturated carbocycles. The number of carbonyl (C=O) groups excluding carboxylic acids is 2. The van der Waals surface area contributed by atoms with Crippen molar-refractivity contribution in [3.05, 3.63) is 90.0 Å². The summed E-state index contributed by atoms with van der Waals surface area (Å²) in [4.78, 5) is 29.1. The maximum Gasteiger partial charge on any atom is 0.243 e. The highest BCUT2D eigenvalue weighted by atomic mass is 32.2. The summed E-state index contributed by atoms with van der Waals surface area (Å²) < 4.78 is 37.5. The van der Waals surface area contributed by atoms with E-state index in [2.05, 4.69) is 5.32 Å². The zero-order chi connectivity index (χ0) is 30.7. The molecule has 2 amide bonds. The minimum absolute atomic E-state index is 0.0331. The van der Waals surface area contributed by atoms with Gasteiger partial charge in [0.2, 0.25) is 21.8 Å². The van der Waals surface area contributed by atoms with Gasteiger partial charge < -0.3 is 19.7 Å². The lowest BCUT2D eigenvalue weighted by molar-refractivity contribution is -0.141. The van der Waals surface area contributed by atoms with E-state index >= 15 is 0 Å². The van der Waals surface area contributed by atoms with Gasteiger partial charge in [-0.3, -0.25) is 13.9 Å². The van der Waals surface area contributed by atoms with Gasteiger partial charge in [-0.25, -0.2) is 8.42 Å². The maximum absolute atomic E-state index is 13.9. The van der Waals surface area contributed by atoms with Crippen molar-refractivity contribution in [3.63, 3.8) is 0 Å². The number of hydrogen-bond acceptors (Lipinski definition) is 6. The number of carbonyl (C=O) groups is 2. The van der Waals surface area contributed by atoms with E-state index in [-0.39, 0.29) is 43.8 Å². The van der Waals surface area contributed by atoms with Crippen LogP contribution in [0.1, 0.15) is 37.8 Å². The van der Waals surface area contributed by atoms with E-state index in [1.54, 1.807) is 36.3 Å². The zero-order valence-corrected chi connectivity index (χ0v) is 25.8. The molecule has 0 heterocycles. The number of anilines is 1. The number of nitrogens with one attached hydrogen (secondary N) is 1. The summed E-state index contributed by atoms with van der Waals surface area (Å²) in [6.45, 7) is 4.01. The number of para-hydroxylation sites is 2. The van der Waals surface area contributed by atoms with Crippen LogP contribution in [0.15, 0.2) is 78.9 Å². The molecular formula is C32H41N3O6S. The van der Waals surface area contributed by atoms with Gasteiger partial charge in [-0.15, -0.1) is 0 Å². The van der Waals surface area contributed by atoms with Crippen LogP contribution in [0.2, 0.25) is 0 Å². The van der Waals surface area contributed by atoms with Crippen molar-refractivity contribution < 1.29 is 27.5 Å². The normalized spacial score (nSPS) is 12.0. The smallest absolute Gasteiger partial charge is 0.243 e. The average molecular weight is 596 g/mol. The summed E-state index contributed by atoms with van der Waals surface area (Å²) in [5.41, 5.74) is 2.13. The Labute approximate surface area is 249 Å². The molecule has 0 saturated heterocycles. The molecule has 1 atom stereocenters. The third-order valence-electron chi connectivity index (χ3n) is 6.70. The van der Waals surface area contributed by atoms with Crippen molar-refractivity contribution in [1.29, 1.82) is 0 Å². The lowest BCUT2D eigenvalue weighted by Crippen LogP contribution is -2.51. The van der Waals surface area contributed by atoms with Crippen LogP contribution in [0.25, 0.3) is 0 Å². The largest absolute Gasteiger partial charge is 0.497 e. The summed E-state index contributed by atoms with van der Waals surface area (Å²) in [5, 5.41) is 2.98. The first kappa shape index (κ1) is 32.5. The van der Waals surface area contributed by atoms with E-state index in [1.165, 1.54) is 11.4 Å². The van der Waals surface area contributed by atoms with Crippen molar-refractivity contribution in [3.8, 4) is 11.5 Å². The van der Waals surface area contributed by atoms with Crippen LogP contribution < -0.4 is 19.1 Å². The second kappa shape index (κ2) is 15.3. The molecule has 0 aliphatic heterocycles. The number of sulfonamides is 1. The van der Waals surface area contributed by atoms with Crippen molar-refractivity contribution in [2.45, 2.75) is 51.7 Å². The van der Waals surface area contributed by atoms with Crippen LogP contribution in [0.4, 0.5) is 5.69 Å². The molecule has 3 rings (SSSR count). The average Bonchev–Trinajstić information content (AvgIpc) is 2.96. The first-order valence-corrected chi connectivity index (χ1v) is 15.8. The molecule has 0 fully saturated rings. The van der Waals surface area contributed by atoms with Crippen LogP contribution in [0, 0.1) is 0 Å². The zero-order valence-electron chi connectivity index (χ0n) is 24.9. The lowest BCUT2D eigenvalue weighted by atomic mass is 10.0. The monoisotopic (exact) mass is 595 g/mol. The summed E-state index contributed by atoms with van der Waals surface area (Å²) >= 11 is 0. The van der Waals surface area contributed by atoms with Gasteiger partial charge in [0.05, 0.1) is 26.2 Å². The molecule has 3 aromatic carbocycles. The summed E-state index contributed by atoms with van der Waals surface area (Å²) in [6.07, 6.45) is 1.72. The molecule has 9 nitrogen and oxygen atoms in total. The highest BCUT2D eigenvalue weighted by molar-refractivity contribution is 7.92. The maximum atomic E-state index is 13.9. The molecule has 0 aliphatic rings. The Bertz CT molecular complexity index is 1430. The predicted octanol–water partition coefficient (Wildman–Crippen LogP) is 4.41. The number of benzene rings is 3. The van der Waals surface area contributed by atoms with Crippen molar-refractivity contribution >= 4 is 27.5 Å². The Balaban J connectivity index is 1.91. The molecule has 0 aromatic heterocycles. The second-order valence-electron chi connectivity index (χ2n) is 10.4. The van der Waals surface area contributed by atoms with Gasteiger partial charge in [-0.05, 0) is 55.7 Å². The van der Waals surface area contributed by atoms with E-state index in [4.69, 9.17) is 9.47 Å². The molecule has 226 valence electrons. The lowest BCUT2D eigenvalue weighted by Gasteiger charge is -2.32. The minimum atomic E-state index is -3.66. The quantitative estimate of drug-likeness (QED) is 0.279. The van der Waals surface area contributed by atoms with E-state index < -0.39 is 16.1 Å². The number of hydrogen-bond donors (Lipinski definition) is 1. The highest BCUT2D eigenvalue weighted by Crippen LogP contribution is 2.30. The molecule has 0 spiro atoms. The fourth-order valence-electron chi connectivity index (χ4n) is 4.72. The highest BCUT2D eigenvalue weighted by Gasteiger charge is 2.31. The SMILES string of the molecule is COc1cccc(CN(C(=O)CCCN(c2ccccc2OC)S(C)(=O)=O)[C@@H](Cc2ccccc2)C(=O)NC(C)C)c1. The van der Waals surface area contributed by atoms with Gasteiger partial charge in [0.1, 0.15) is 17.5 Å². The van der Waals surface area contributed by atoms with E-state index in [9.17, 15) is 18.0 Å². The van der Waals surface area contributed by atoms with Crippen LogP contribution in [0.5, 0.6) is 11.5 Å². The molecule has 10 heteroatoms. The Morgan fingerprint density at radius 2 is 1.55 bits per heavy atom. The molecule has 3 aromatic rings. The van der Waals surface area contributed by atoms with Gasteiger partial charge in [0, 0.05) is 32.0 Å². The van der Waals surface area contributed by atoms with Crippen LogP contribution in [0.3, 0.4) is 0 Å². The van der Waals surface area contributed by atoms with Crippen LogP contribution in [-0.2, 0) is 32.6 Å². The Hall–Kier alpha value is -4.05. The fraction of sp³-hybridized carbons (Fsp3) is 0.375. The van der Waals surface area contributed by atoms with Crippen molar-refractivity contribution in [2.24, 2.45) is 0 Å². The topological polar surface area (TPSA) is 105 Å². The molecule has 0 radical (unpaired) electrons. The summed E-state index contributed by atoms with van der Waals surface area (Å²) in [6, 6.07) is 22.9. The Morgan fingerprint density at radius 1 is 0.881 bits per heavy atom. The van der Waals surface area contributed by atoms with Gasteiger partial charge in [-0.1, -0.05) is 54.6 Å². The van der Waals surface area contributed by atoms with E-state index in [0.29, 0.717) is 23.6 Å². The standard InChI is InChI=1S/C32H41N3O6S/c1-24(2)33-32(37)29(22-25-13-7-6-8-14-25)34(23-26-15-11-16-27(21-26)40-3)31(36)19-12-20-35(42(5,38)39)28-17-9-10-18-30(28)41-4/h6-11,13-18,21,24,29H,12,19-20,22-23H2,1-5H3,(H,33,37)/t29-/m0/s1. The molecule has 0 bridgehead atoms. The van der Waals surface area contributed by atoms with Crippen LogP contribution in [-0.4, -0.2) is 64.2 Å². The molecule has 0 aliphatic carbocycles. The van der Waals surface area contributed by atoms with Gasteiger partial charge >= 0.3 is 0 Å². The first-order chi connectivity index (χ1) is 20.0. The van der Waals surface area contributed by atoms with Gasteiger partial charge in [0.25, 0.3) is 0 Å². The second-order valence-corrected chi connectivity index (χ2v) is 12.3. The van der Waals surface area contributed by atoms with E-state index in [1.807, 2.05) is 68.4 Å². The predicted molar refractivity (Wildman–Crippen MR) is 165 cm³/mol. The Morgan fingerprint density at radius 3 is 2.19 bits per heavy atom. The summed E-state index contributed by atoms with van der Waals surface area (Å²) in [5.74, 6) is 0.553. The van der Waals surface area contributed by atoms with Crippen LogP contribution >= 0.6 is 0 Å². The molecule has 42 heavy (non-hydrogen) atoms. The van der Waals surface area contributed by atoms with Gasteiger partial charge in [0.15, 0.2) is 0 Å². The number of nitrogens with zero attached hydrogens (tertiary/aromatic N) is 2. The van der Waals surface area contributed by atoms with Crippen molar-refractivity contribution in [1.82, 2.24) is 10.2 Å². The molecular weight excluding hydrogens is 554 g/mol. The first-order valence-electron chi connectivity index (χ1n) is 13.9. The van der Waals surface area contributed by atoms with E-state index in [0.717, 1.165) is 17.4 Å². The Kier molecular flexibility index (Phi) is 11.8. The number of ether oxygens (including phenoxy) is 2. The number of rotatable bonds is 15. The molecule has 1 N–H and O–H groups in total. The summed E-state index contributed by atoms with van der Waals surface area (Å²) in [7, 11) is -0.603. The van der Waals surface area contributed by atoms with Gasteiger partial charge in [-0.2, -0.15) is 0 Å². The fourth-order valence-corrected chi connectivity index (χ4v) is 5.69.